The summed E-state index contributed by atoms with van der Waals surface area (Å²) in [6, 6.07) is 7.62. The van der Waals surface area contributed by atoms with Crippen LogP contribution >= 0.6 is 0 Å². The molecule has 86 valence electrons. The van der Waals surface area contributed by atoms with Gasteiger partial charge in [-0.3, -0.25) is 0 Å². The van der Waals surface area contributed by atoms with E-state index in [1.807, 2.05) is 0 Å². The van der Waals surface area contributed by atoms with E-state index in [9.17, 15) is 0 Å². The average molecular weight is 216 g/mol. The molecule has 0 saturated carbocycles. The Labute approximate surface area is 97.6 Å². The van der Waals surface area contributed by atoms with Gasteiger partial charge in [-0.15, -0.1) is 0 Å². The van der Waals surface area contributed by atoms with E-state index >= 15 is 0 Å². The van der Waals surface area contributed by atoms with Crippen LogP contribution in [0, 0.1) is 0 Å². The Morgan fingerprint density at radius 3 is 3.00 bits per heavy atom. The highest BCUT2D eigenvalue weighted by Gasteiger charge is 2.19. The normalized spacial score (nSPS) is 25.7. The van der Waals surface area contributed by atoms with Crippen molar-refractivity contribution in [3.63, 3.8) is 0 Å². The molecule has 1 aliphatic carbocycles. The topological polar surface area (TPSA) is 15.3 Å². The molecular weight excluding hydrogens is 196 g/mol. The van der Waals surface area contributed by atoms with Gasteiger partial charge in [0.2, 0.25) is 0 Å². The Bertz CT molecular complexity index is 386. The minimum absolute atomic E-state index is 0.532. The number of fused-ring (bicyclic) bond motifs is 1. The fourth-order valence-electron chi connectivity index (χ4n) is 2.93. The van der Waals surface area contributed by atoms with Crippen molar-refractivity contribution < 1.29 is 0 Å². The minimum Gasteiger partial charge on any atom is -0.308 e. The summed E-state index contributed by atoms with van der Waals surface area (Å²) in [6.45, 7) is 3.42. The third kappa shape index (κ3) is 1.87. The second kappa shape index (κ2) is 4.19. The fraction of sp³-hybridized carbons (Fsp3) is 0.571. The first-order valence-electron chi connectivity index (χ1n) is 6.36. The summed E-state index contributed by atoms with van der Waals surface area (Å²) in [5, 5.41) is 3.62. The monoisotopic (exact) mass is 216 g/mol. The molecule has 1 aromatic carbocycles. The summed E-state index contributed by atoms with van der Waals surface area (Å²) in [5.74, 6) is 0. The van der Waals surface area contributed by atoms with Crippen molar-refractivity contribution in [1.82, 2.24) is 10.2 Å². The number of hydrogen-bond donors (Lipinski definition) is 1. The van der Waals surface area contributed by atoms with Crippen LogP contribution in [0.5, 0.6) is 0 Å². The molecule has 3 rings (SSSR count). The Kier molecular flexibility index (Phi) is 2.70. The SMILES string of the molecule is CN1CCNC(c2ccc3c(c2)CCC3)C1. The van der Waals surface area contributed by atoms with Crippen LogP contribution in [0.15, 0.2) is 18.2 Å². The molecule has 1 saturated heterocycles. The molecule has 2 aliphatic rings. The molecule has 1 atom stereocenters. The molecule has 1 aromatic rings. The van der Waals surface area contributed by atoms with Crippen LogP contribution in [0.4, 0.5) is 0 Å². The van der Waals surface area contributed by atoms with Gasteiger partial charge in [0.15, 0.2) is 0 Å². The Morgan fingerprint density at radius 1 is 1.25 bits per heavy atom. The van der Waals surface area contributed by atoms with Crippen molar-refractivity contribution in [3.05, 3.63) is 34.9 Å². The van der Waals surface area contributed by atoms with Crippen LogP contribution in [0.25, 0.3) is 0 Å². The van der Waals surface area contributed by atoms with Gasteiger partial charge in [0.25, 0.3) is 0 Å². The van der Waals surface area contributed by atoms with Gasteiger partial charge in [-0.2, -0.15) is 0 Å². The molecule has 1 N–H and O–H groups in total. The average Bonchev–Trinajstić information content (AvgIpc) is 2.75. The Morgan fingerprint density at radius 2 is 2.12 bits per heavy atom. The molecule has 1 heterocycles. The van der Waals surface area contributed by atoms with Crippen LogP contribution in [-0.2, 0) is 12.8 Å². The number of hydrogen-bond acceptors (Lipinski definition) is 2. The standard InChI is InChI=1S/C14H20N2/c1-16-8-7-15-14(10-16)13-6-5-11-3-2-4-12(11)9-13/h5-6,9,14-15H,2-4,7-8,10H2,1H3. The highest BCUT2D eigenvalue weighted by atomic mass is 15.2. The predicted molar refractivity (Wildman–Crippen MR) is 66.7 cm³/mol. The molecule has 0 aromatic heterocycles. The van der Waals surface area contributed by atoms with Gasteiger partial charge in [-0.25, -0.2) is 0 Å². The molecule has 0 spiro atoms. The van der Waals surface area contributed by atoms with E-state index in [0.29, 0.717) is 6.04 Å². The second-order valence-electron chi connectivity index (χ2n) is 5.15. The minimum atomic E-state index is 0.532. The Balaban J connectivity index is 1.83. The van der Waals surface area contributed by atoms with Gasteiger partial charge >= 0.3 is 0 Å². The van der Waals surface area contributed by atoms with E-state index in [1.165, 1.54) is 31.4 Å². The second-order valence-corrected chi connectivity index (χ2v) is 5.15. The maximum Gasteiger partial charge on any atom is 0.0449 e. The van der Waals surface area contributed by atoms with E-state index in [2.05, 4.69) is 35.5 Å². The zero-order chi connectivity index (χ0) is 11.0. The van der Waals surface area contributed by atoms with Gasteiger partial charge in [0.1, 0.15) is 0 Å². The van der Waals surface area contributed by atoms with Crippen molar-refractivity contribution in [2.45, 2.75) is 25.3 Å². The summed E-state index contributed by atoms with van der Waals surface area (Å²) in [7, 11) is 2.21. The first kappa shape index (κ1) is 10.3. The van der Waals surface area contributed by atoms with Gasteiger partial charge in [0.05, 0.1) is 0 Å². The van der Waals surface area contributed by atoms with Crippen molar-refractivity contribution >= 4 is 0 Å². The fourth-order valence-corrected chi connectivity index (χ4v) is 2.93. The number of nitrogens with one attached hydrogen (secondary N) is 1. The predicted octanol–water partition coefficient (Wildman–Crippen LogP) is 1.75. The van der Waals surface area contributed by atoms with Crippen molar-refractivity contribution in [2.24, 2.45) is 0 Å². The van der Waals surface area contributed by atoms with Crippen molar-refractivity contribution in [2.75, 3.05) is 26.7 Å². The smallest absolute Gasteiger partial charge is 0.0449 e. The third-order valence-electron chi connectivity index (χ3n) is 3.90. The number of likely N-dealkylation sites (N-methyl/N-ethyl adjacent to an activating group) is 1. The van der Waals surface area contributed by atoms with Crippen molar-refractivity contribution in [3.8, 4) is 0 Å². The lowest BCUT2D eigenvalue weighted by atomic mass is 10.00. The van der Waals surface area contributed by atoms with E-state index in [1.54, 1.807) is 11.1 Å². The highest BCUT2D eigenvalue weighted by Crippen LogP contribution is 2.26. The summed E-state index contributed by atoms with van der Waals surface area (Å²) in [4.78, 5) is 2.41. The van der Waals surface area contributed by atoms with E-state index in [-0.39, 0.29) is 0 Å². The summed E-state index contributed by atoms with van der Waals surface area (Å²) in [6.07, 6.45) is 3.91. The third-order valence-corrected chi connectivity index (χ3v) is 3.90. The number of aryl methyl sites for hydroxylation is 2. The molecule has 0 amide bonds. The van der Waals surface area contributed by atoms with Gasteiger partial charge < -0.3 is 10.2 Å². The van der Waals surface area contributed by atoms with Crippen LogP contribution < -0.4 is 5.32 Å². The van der Waals surface area contributed by atoms with Crippen LogP contribution in [-0.4, -0.2) is 31.6 Å². The maximum atomic E-state index is 3.62. The molecular formula is C14H20N2. The highest BCUT2D eigenvalue weighted by molar-refractivity contribution is 5.36. The maximum absolute atomic E-state index is 3.62. The largest absolute Gasteiger partial charge is 0.308 e. The van der Waals surface area contributed by atoms with Gasteiger partial charge in [-0.1, -0.05) is 18.2 Å². The molecule has 2 heteroatoms. The molecule has 1 unspecified atom stereocenters. The van der Waals surface area contributed by atoms with Crippen LogP contribution in [0.2, 0.25) is 0 Å². The first-order chi connectivity index (χ1) is 7.83. The quantitative estimate of drug-likeness (QED) is 0.769. The molecule has 16 heavy (non-hydrogen) atoms. The lowest BCUT2D eigenvalue weighted by Gasteiger charge is -2.31. The zero-order valence-electron chi connectivity index (χ0n) is 10.00. The molecule has 0 bridgehead atoms. The molecule has 2 nitrogen and oxygen atoms in total. The molecule has 0 radical (unpaired) electrons. The number of nitrogens with zero attached hydrogens (tertiary/aromatic N) is 1. The van der Waals surface area contributed by atoms with E-state index in [4.69, 9.17) is 0 Å². The zero-order valence-corrected chi connectivity index (χ0v) is 10.00. The van der Waals surface area contributed by atoms with E-state index in [0.717, 1.165) is 13.1 Å². The number of benzene rings is 1. The molecule has 1 fully saturated rings. The van der Waals surface area contributed by atoms with Gasteiger partial charge in [-0.05, 0) is 43.0 Å². The van der Waals surface area contributed by atoms with Crippen LogP contribution in [0.1, 0.15) is 29.2 Å². The number of piperazine rings is 1. The summed E-state index contributed by atoms with van der Waals surface area (Å²) < 4.78 is 0. The van der Waals surface area contributed by atoms with Crippen molar-refractivity contribution in [1.29, 1.82) is 0 Å². The summed E-state index contributed by atoms with van der Waals surface area (Å²) >= 11 is 0. The first-order valence-corrected chi connectivity index (χ1v) is 6.36. The summed E-state index contributed by atoms with van der Waals surface area (Å²) in [5.41, 5.74) is 4.65. The number of rotatable bonds is 1. The lowest BCUT2D eigenvalue weighted by Crippen LogP contribution is -2.43. The molecule has 1 aliphatic heterocycles. The van der Waals surface area contributed by atoms with E-state index < -0.39 is 0 Å². The van der Waals surface area contributed by atoms with Crippen LogP contribution in [0.3, 0.4) is 0 Å². The van der Waals surface area contributed by atoms with Gasteiger partial charge in [0, 0.05) is 25.7 Å². The lowest BCUT2D eigenvalue weighted by molar-refractivity contribution is 0.241. The Hall–Kier alpha value is -0.860.